The van der Waals surface area contributed by atoms with Crippen LogP contribution in [0.1, 0.15) is 34.0 Å². The minimum atomic E-state index is 0.0875. The van der Waals surface area contributed by atoms with E-state index in [2.05, 4.69) is 84.8 Å². The number of benzene rings is 3. The van der Waals surface area contributed by atoms with E-state index in [-0.39, 0.29) is 6.04 Å². The minimum absolute atomic E-state index is 0.0875. The van der Waals surface area contributed by atoms with Crippen LogP contribution in [0.15, 0.2) is 60.7 Å². The molecule has 29 heavy (non-hydrogen) atoms. The van der Waals surface area contributed by atoms with E-state index in [0.29, 0.717) is 0 Å². The second-order valence-corrected chi connectivity index (χ2v) is 7.98. The van der Waals surface area contributed by atoms with Crippen LogP contribution in [0.25, 0.3) is 22.0 Å². The SMILES string of the molecule is COc1ccc(-c2ccccc2)cc1C1NCCc2c1[nH]c1cc(C)cc(C)c21. The van der Waals surface area contributed by atoms with Crippen molar-refractivity contribution in [2.45, 2.75) is 26.3 Å². The molecule has 0 saturated heterocycles. The van der Waals surface area contributed by atoms with Crippen LogP contribution < -0.4 is 10.1 Å². The topological polar surface area (TPSA) is 37.0 Å². The molecule has 3 aromatic carbocycles. The monoisotopic (exact) mass is 382 g/mol. The molecule has 0 aliphatic carbocycles. The van der Waals surface area contributed by atoms with Crippen molar-refractivity contribution in [2.24, 2.45) is 0 Å². The summed E-state index contributed by atoms with van der Waals surface area (Å²) in [6.07, 6.45) is 1.04. The molecular weight excluding hydrogens is 356 g/mol. The van der Waals surface area contributed by atoms with Crippen molar-refractivity contribution >= 4 is 10.9 Å². The quantitative estimate of drug-likeness (QED) is 0.477. The lowest BCUT2D eigenvalue weighted by atomic mass is 9.91. The van der Waals surface area contributed by atoms with E-state index in [1.165, 1.54) is 50.0 Å². The molecule has 1 aromatic heterocycles. The zero-order valence-corrected chi connectivity index (χ0v) is 17.2. The van der Waals surface area contributed by atoms with Crippen LogP contribution in [-0.2, 0) is 6.42 Å². The van der Waals surface area contributed by atoms with E-state index < -0.39 is 0 Å². The van der Waals surface area contributed by atoms with Gasteiger partial charge in [0.15, 0.2) is 0 Å². The number of hydrogen-bond donors (Lipinski definition) is 2. The summed E-state index contributed by atoms with van der Waals surface area (Å²) in [7, 11) is 1.75. The van der Waals surface area contributed by atoms with Gasteiger partial charge in [0.05, 0.1) is 13.2 Å². The predicted molar refractivity (Wildman–Crippen MR) is 120 cm³/mol. The molecular formula is C26H26N2O. The summed E-state index contributed by atoms with van der Waals surface area (Å²) in [6.45, 7) is 5.34. The molecule has 3 heteroatoms. The van der Waals surface area contributed by atoms with Crippen LogP contribution in [0, 0.1) is 13.8 Å². The Kier molecular flexibility index (Phi) is 4.40. The van der Waals surface area contributed by atoms with Gasteiger partial charge in [-0.2, -0.15) is 0 Å². The molecule has 1 atom stereocenters. The van der Waals surface area contributed by atoms with Crippen LogP contribution in [0.2, 0.25) is 0 Å². The molecule has 1 unspecified atom stereocenters. The number of nitrogens with one attached hydrogen (secondary N) is 2. The first-order chi connectivity index (χ1) is 14.2. The van der Waals surface area contributed by atoms with E-state index in [4.69, 9.17) is 4.74 Å². The van der Waals surface area contributed by atoms with Gasteiger partial charge in [0, 0.05) is 28.7 Å². The fourth-order valence-corrected chi connectivity index (χ4v) is 4.81. The smallest absolute Gasteiger partial charge is 0.124 e. The highest BCUT2D eigenvalue weighted by Crippen LogP contribution is 2.39. The molecule has 0 radical (unpaired) electrons. The Labute approximate surface area is 171 Å². The number of hydrogen-bond acceptors (Lipinski definition) is 2. The van der Waals surface area contributed by atoms with E-state index in [1.54, 1.807) is 7.11 Å². The third-order valence-electron chi connectivity index (χ3n) is 6.04. The molecule has 0 amide bonds. The highest BCUT2D eigenvalue weighted by molar-refractivity contribution is 5.89. The van der Waals surface area contributed by atoms with Crippen molar-refractivity contribution in [3.8, 4) is 16.9 Å². The van der Waals surface area contributed by atoms with Crippen LogP contribution in [0.5, 0.6) is 5.75 Å². The van der Waals surface area contributed by atoms with Crippen molar-refractivity contribution in [3.63, 3.8) is 0 Å². The van der Waals surface area contributed by atoms with Gasteiger partial charge in [-0.05, 0) is 66.3 Å². The molecule has 1 aliphatic rings. The maximum Gasteiger partial charge on any atom is 0.124 e. The highest BCUT2D eigenvalue weighted by atomic mass is 16.5. The van der Waals surface area contributed by atoms with E-state index in [9.17, 15) is 0 Å². The fraction of sp³-hybridized carbons (Fsp3) is 0.231. The zero-order valence-electron chi connectivity index (χ0n) is 17.2. The summed E-state index contributed by atoms with van der Waals surface area (Å²) in [5.74, 6) is 0.918. The van der Waals surface area contributed by atoms with Gasteiger partial charge in [0.1, 0.15) is 5.75 Å². The van der Waals surface area contributed by atoms with Crippen LogP contribution in [0.4, 0.5) is 0 Å². The predicted octanol–water partition coefficient (Wildman–Crippen LogP) is 5.70. The Balaban J connectivity index is 1.69. The van der Waals surface area contributed by atoms with Gasteiger partial charge in [0.25, 0.3) is 0 Å². The number of aromatic nitrogens is 1. The first kappa shape index (κ1) is 18.0. The van der Waals surface area contributed by atoms with Gasteiger partial charge in [-0.25, -0.2) is 0 Å². The molecule has 0 spiro atoms. The van der Waals surface area contributed by atoms with Gasteiger partial charge in [-0.3, -0.25) is 0 Å². The summed E-state index contributed by atoms with van der Waals surface area (Å²) in [6, 6.07) is 21.6. The minimum Gasteiger partial charge on any atom is -0.496 e. The lowest BCUT2D eigenvalue weighted by molar-refractivity contribution is 0.402. The zero-order chi connectivity index (χ0) is 20.0. The van der Waals surface area contributed by atoms with Crippen molar-refractivity contribution in [2.75, 3.05) is 13.7 Å². The Morgan fingerprint density at radius 2 is 1.76 bits per heavy atom. The number of ether oxygens (including phenoxy) is 1. The second kappa shape index (κ2) is 7.09. The maximum atomic E-state index is 5.77. The molecule has 4 aromatic rings. The number of aromatic amines is 1. The molecule has 2 N–H and O–H groups in total. The third kappa shape index (κ3) is 3.02. The summed E-state index contributed by atoms with van der Waals surface area (Å²) in [5, 5.41) is 5.11. The Hall–Kier alpha value is -3.04. The van der Waals surface area contributed by atoms with Gasteiger partial charge >= 0.3 is 0 Å². The number of H-pyrrole nitrogens is 1. The number of aryl methyl sites for hydroxylation is 2. The molecule has 3 nitrogen and oxygen atoms in total. The van der Waals surface area contributed by atoms with Gasteiger partial charge in [0.2, 0.25) is 0 Å². The number of rotatable bonds is 3. The van der Waals surface area contributed by atoms with Crippen molar-refractivity contribution in [1.29, 1.82) is 0 Å². The fourth-order valence-electron chi connectivity index (χ4n) is 4.81. The standard InChI is InChI=1S/C26H26N2O/c1-16-13-17(2)24-20-11-12-27-25(26(20)28-22(24)14-16)21-15-19(9-10-23(21)29-3)18-7-5-4-6-8-18/h4-10,13-15,25,27-28H,11-12H2,1-3H3. The molecule has 0 fully saturated rings. The normalized spacial score (nSPS) is 16.0. The number of fused-ring (bicyclic) bond motifs is 3. The summed E-state index contributed by atoms with van der Waals surface area (Å²) < 4.78 is 5.77. The largest absolute Gasteiger partial charge is 0.496 e. The molecule has 0 saturated carbocycles. The Morgan fingerprint density at radius 3 is 2.55 bits per heavy atom. The number of methoxy groups -OCH3 is 1. The van der Waals surface area contributed by atoms with Gasteiger partial charge < -0.3 is 15.0 Å². The molecule has 146 valence electrons. The highest BCUT2D eigenvalue weighted by Gasteiger charge is 2.28. The average Bonchev–Trinajstić information content (AvgIpc) is 3.12. The van der Waals surface area contributed by atoms with Gasteiger partial charge in [-0.15, -0.1) is 0 Å². The van der Waals surface area contributed by atoms with E-state index in [1.807, 2.05) is 0 Å². The van der Waals surface area contributed by atoms with Crippen LogP contribution in [-0.4, -0.2) is 18.6 Å². The van der Waals surface area contributed by atoms with E-state index >= 15 is 0 Å². The third-order valence-corrected chi connectivity index (χ3v) is 6.04. The van der Waals surface area contributed by atoms with Crippen molar-refractivity contribution < 1.29 is 4.74 Å². The average molecular weight is 383 g/mol. The lowest BCUT2D eigenvalue weighted by Crippen LogP contribution is -2.30. The van der Waals surface area contributed by atoms with E-state index in [0.717, 1.165) is 18.7 Å². The second-order valence-electron chi connectivity index (χ2n) is 7.98. The lowest BCUT2D eigenvalue weighted by Gasteiger charge is -2.27. The van der Waals surface area contributed by atoms with Crippen LogP contribution in [0.3, 0.4) is 0 Å². The Bertz CT molecular complexity index is 1190. The molecule has 1 aliphatic heterocycles. The van der Waals surface area contributed by atoms with Crippen molar-refractivity contribution in [1.82, 2.24) is 10.3 Å². The summed E-state index contributed by atoms with van der Waals surface area (Å²) >= 11 is 0. The first-order valence-electron chi connectivity index (χ1n) is 10.2. The molecule has 2 heterocycles. The summed E-state index contributed by atoms with van der Waals surface area (Å²) in [4.78, 5) is 3.74. The molecule has 0 bridgehead atoms. The Morgan fingerprint density at radius 1 is 0.931 bits per heavy atom. The van der Waals surface area contributed by atoms with Gasteiger partial charge in [-0.1, -0.05) is 42.5 Å². The first-order valence-corrected chi connectivity index (χ1v) is 10.2. The maximum absolute atomic E-state index is 5.77. The van der Waals surface area contributed by atoms with Crippen LogP contribution >= 0.6 is 0 Å². The van der Waals surface area contributed by atoms with Crippen molar-refractivity contribution in [3.05, 3.63) is 88.6 Å². The summed E-state index contributed by atoms with van der Waals surface area (Å²) in [5.41, 5.74) is 10.2. The molecule has 5 rings (SSSR count).